The number of nitrogens with one attached hydrogen (secondary N) is 1. The topological polar surface area (TPSA) is 80.2 Å². The monoisotopic (exact) mass is 283 g/mol. The maximum absolute atomic E-state index is 9.26. The first-order chi connectivity index (χ1) is 9.61. The van der Waals surface area contributed by atoms with Gasteiger partial charge < -0.3 is 29.7 Å². The Morgan fingerprint density at radius 2 is 1.95 bits per heavy atom. The van der Waals surface area contributed by atoms with E-state index >= 15 is 0 Å². The van der Waals surface area contributed by atoms with Gasteiger partial charge in [0.1, 0.15) is 13.2 Å². The highest BCUT2D eigenvalue weighted by atomic mass is 16.6. The second-order valence-corrected chi connectivity index (χ2v) is 5.05. The first-order valence-electron chi connectivity index (χ1n) is 6.55. The first-order valence-corrected chi connectivity index (χ1v) is 6.55. The second kappa shape index (κ2) is 6.30. The van der Waals surface area contributed by atoms with Gasteiger partial charge in [-0.25, -0.2) is 0 Å². The molecule has 0 fully saturated rings. The summed E-state index contributed by atoms with van der Waals surface area (Å²) in [5.74, 6) is 1.89. The third kappa shape index (κ3) is 3.15. The molecule has 2 rings (SSSR count). The van der Waals surface area contributed by atoms with Crippen LogP contribution in [0, 0.1) is 0 Å². The summed E-state index contributed by atoms with van der Waals surface area (Å²) < 4.78 is 16.4. The maximum Gasteiger partial charge on any atom is 0.203 e. The summed E-state index contributed by atoms with van der Waals surface area (Å²) in [6.07, 6.45) is 0. The van der Waals surface area contributed by atoms with Crippen molar-refractivity contribution in [2.45, 2.75) is 19.0 Å². The fraction of sp³-hybridized carbons (Fsp3) is 0.571. The predicted octanol–water partition coefficient (Wildman–Crippen LogP) is 0.299. The Hall–Kier alpha value is -1.50. The van der Waals surface area contributed by atoms with Crippen molar-refractivity contribution in [1.82, 2.24) is 5.32 Å². The number of hydrogen-bond acceptors (Lipinski definition) is 6. The largest absolute Gasteiger partial charge is 0.493 e. The van der Waals surface area contributed by atoms with Crippen molar-refractivity contribution in [3.05, 3.63) is 17.7 Å². The van der Waals surface area contributed by atoms with E-state index in [-0.39, 0.29) is 13.2 Å². The van der Waals surface area contributed by atoms with E-state index in [1.165, 1.54) is 0 Å². The summed E-state index contributed by atoms with van der Waals surface area (Å²) in [5, 5.41) is 21.6. The van der Waals surface area contributed by atoms with E-state index in [1.54, 1.807) is 14.0 Å². The van der Waals surface area contributed by atoms with Crippen molar-refractivity contribution >= 4 is 0 Å². The minimum absolute atomic E-state index is 0.148. The van der Waals surface area contributed by atoms with Gasteiger partial charge in [0, 0.05) is 6.54 Å². The molecule has 1 aliphatic heterocycles. The fourth-order valence-electron chi connectivity index (χ4n) is 1.91. The number of ether oxygens (including phenoxy) is 3. The van der Waals surface area contributed by atoms with Gasteiger partial charge >= 0.3 is 0 Å². The van der Waals surface area contributed by atoms with Crippen LogP contribution in [0.2, 0.25) is 0 Å². The highest BCUT2D eigenvalue weighted by Crippen LogP contribution is 2.40. The Labute approximate surface area is 118 Å². The van der Waals surface area contributed by atoms with Gasteiger partial charge in [0.15, 0.2) is 11.5 Å². The molecule has 1 heterocycles. The minimum atomic E-state index is -0.722. The molecule has 1 aromatic carbocycles. The molecular formula is C14H21NO5. The summed E-state index contributed by atoms with van der Waals surface area (Å²) in [6.45, 7) is 2.95. The van der Waals surface area contributed by atoms with Gasteiger partial charge in [-0.05, 0) is 24.6 Å². The number of aliphatic hydroxyl groups is 2. The molecule has 1 aromatic rings. The summed E-state index contributed by atoms with van der Waals surface area (Å²) >= 11 is 0. The van der Waals surface area contributed by atoms with Crippen LogP contribution in [0.25, 0.3) is 0 Å². The molecule has 0 aromatic heterocycles. The Bertz CT molecular complexity index is 442. The molecule has 1 aliphatic rings. The molecule has 0 aliphatic carbocycles. The van der Waals surface area contributed by atoms with Gasteiger partial charge in [0.2, 0.25) is 5.75 Å². The molecule has 0 unspecified atom stereocenters. The average molecular weight is 283 g/mol. The Morgan fingerprint density at radius 1 is 1.25 bits per heavy atom. The Balaban J connectivity index is 2.16. The van der Waals surface area contributed by atoms with E-state index < -0.39 is 5.54 Å². The molecule has 0 spiro atoms. The number of methoxy groups -OCH3 is 1. The maximum atomic E-state index is 9.26. The van der Waals surface area contributed by atoms with Crippen LogP contribution in [0.3, 0.4) is 0 Å². The molecule has 3 N–H and O–H groups in total. The van der Waals surface area contributed by atoms with Gasteiger partial charge in [0.05, 0.1) is 25.9 Å². The lowest BCUT2D eigenvalue weighted by molar-refractivity contribution is 0.103. The highest BCUT2D eigenvalue weighted by molar-refractivity contribution is 5.54. The number of benzene rings is 1. The SMILES string of the molecule is COc1cc(CNC(C)(CO)CO)cc2c1OCCO2. The van der Waals surface area contributed by atoms with Crippen LogP contribution in [-0.2, 0) is 6.54 Å². The van der Waals surface area contributed by atoms with Gasteiger partial charge in [-0.1, -0.05) is 0 Å². The lowest BCUT2D eigenvalue weighted by atomic mass is 10.0. The smallest absolute Gasteiger partial charge is 0.203 e. The van der Waals surface area contributed by atoms with Crippen molar-refractivity contribution < 1.29 is 24.4 Å². The number of aliphatic hydroxyl groups excluding tert-OH is 2. The number of rotatable bonds is 6. The van der Waals surface area contributed by atoms with Crippen molar-refractivity contribution in [1.29, 1.82) is 0 Å². The third-order valence-corrected chi connectivity index (χ3v) is 3.31. The zero-order chi connectivity index (χ0) is 14.6. The number of fused-ring (bicyclic) bond motifs is 1. The van der Waals surface area contributed by atoms with Crippen LogP contribution < -0.4 is 19.5 Å². The normalized spacial score (nSPS) is 14.2. The van der Waals surface area contributed by atoms with E-state index in [4.69, 9.17) is 14.2 Å². The van der Waals surface area contributed by atoms with Crippen LogP contribution >= 0.6 is 0 Å². The lowest BCUT2D eigenvalue weighted by Gasteiger charge is -2.27. The number of hydrogen-bond donors (Lipinski definition) is 3. The molecule has 6 nitrogen and oxygen atoms in total. The zero-order valence-electron chi connectivity index (χ0n) is 11.8. The fourth-order valence-corrected chi connectivity index (χ4v) is 1.91. The van der Waals surface area contributed by atoms with Crippen LogP contribution in [0.1, 0.15) is 12.5 Å². The summed E-state index contributed by atoms with van der Waals surface area (Å²) in [4.78, 5) is 0. The average Bonchev–Trinajstić information content (AvgIpc) is 2.51. The van der Waals surface area contributed by atoms with E-state index in [9.17, 15) is 10.2 Å². The Morgan fingerprint density at radius 3 is 2.60 bits per heavy atom. The first kappa shape index (κ1) is 14.9. The summed E-state index contributed by atoms with van der Waals surface area (Å²) in [6, 6.07) is 3.73. The van der Waals surface area contributed by atoms with Gasteiger partial charge in [-0.3, -0.25) is 0 Å². The Kier molecular flexibility index (Phi) is 4.69. The van der Waals surface area contributed by atoms with Crippen molar-refractivity contribution in [2.24, 2.45) is 0 Å². The van der Waals surface area contributed by atoms with Gasteiger partial charge in [-0.15, -0.1) is 0 Å². The molecule has 0 saturated carbocycles. The summed E-state index contributed by atoms with van der Waals surface area (Å²) in [7, 11) is 1.58. The van der Waals surface area contributed by atoms with Crippen molar-refractivity contribution in [2.75, 3.05) is 33.5 Å². The van der Waals surface area contributed by atoms with E-state index in [0.717, 1.165) is 5.56 Å². The molecule has 20 heavy (non-hydrogen) atoms. The molecule has 0 saturated heterocycles. The predicted molar refractivity (Wildman–Crippen MR) is 73.4 cm³/mol. The molecule has 0 bridgehead atoms. The van der Waals surface area contributed by atoms with Crippen molar-refractivity contribution in [3.8, 4) is 17.2 Å². The quantitative estimate of drug-likeness (QED) is 0.697. The highest BCUT2D eigenvalue weighted by Gasteiger charge is 2.23. The third-order valence-electron chi connectivity index (χ3n) is 3.31. The minimum Gasteiger partial charge on any atom is -0.493 e. The molecule has 112 valence electrons. The molecular weight excluding hydrogens is 262 g/mol. The van der Waals surface area contributed by atoms with Crippen LogP contribution in [0.15, 0.2) is 12.1 Å². The molecule has 0 radical (unpaired) electrons. The molecule has 6 heteroatoms. The van der Waals surface area contributed by atoms with Crippen LogP contribution in [0.5, 0.6) is 17.2 Å². The van der Waals surface area contributed by atoms with Gasteiger partial charge in [-0.2, -0.15) is 0 Å². The summed E-state index contributed by atoms with van der Waals surface area (Å²) in [5.41, 5.74) is 0.208. The standard InChI is InChI=1S/C14H21NO5/c1-14(8-16,9-17)15-7-10-5-11(18-2)13-12(6-10)19-3-4-20-13/h5-6,15-17H,3-4,7-9H2,1-2H3. The molecule has 0 atom stereocenters. The van der Waals surface area contributed by atoms with E-state index in [0.29, 0.717) is 37.0 Å². The van der Waals surface area contributed by atoms with Gasteiger partial charge in [0.25, 0.3) is 0 Å². The van der Waals surface area contributed by atoms with E-state index in [2.05, 4.69) is 5.32 Å². The van der Waals surface area contributed by atoms with E-state index in [1.807, 2.05) is 12.1 Å². The second-order valence-electron chi connectivity index (χ2n) is 5.05. The lowest BCUT2D eigenvalue weighted by Crippen LogP contribution is -2.48. The zero-order valence-corrected chi connectivity index (χ0v) is 11.8. The van der Waals surface area contributed by atoms with Crippen LogP contribution in [0.4, 0.5) is 0 Å². The molecule has 0 amide bonds. The van der Waals surface area contributed by atoms with Crippen molar-refractivity contribution in [3.63, 3.8) is 0 Å². The van der Waals surface area contributed by atoms with Crippen LogP contribution in [-0.4, -0.2) is 49.3 Å².